The van der Waals surface area contributed by atoms with Gasteiger partial charge in [-0.2, -0.15) is 0 Å². The molecular formula is C25H22N4O4. The quantitative estimate of drug-likeness (QED) is 0.458. The number of carbonyl (C=O) groups excluding carboxylic acids is 1. The minimum absolute atomic E-state index is 0.0733. The summed E-state index contributed by atoms with van der Waals surface area (Å²) in [5.74, 6) is 2.49. The van der Waals surface area contributed by atoms with Crippen molar-refractivity contribution >= 4 is 11.4 Å². The number of nitrogens with zero attached hydrogens (tertiary/aromatic N) is 4. The van der Waals surface area contributed by atoms with Crippen molar-refractivity contribution < 1.29 is 19.0 Å². The lowest BCUT2D eigenvalue weighted by molar-refractivity contribution is -0.114. The van der Waals surface area contributed by atoms with E-state index in [2.05, 4.69) is 10.1 Å². The monoisotopic (exact) mass is 442 g/mol. The van der Waals surface area contributed by atoms with Crippen molar-refractivity contribution in [3.8, 4) is 28.8 Å². The number of rotatable bonds is 5. The second-order valence-electron chi connectivity index (χ2n) is 7.73. The predicted molar refractivity (Wildman–Crippen MR) is 122 cm³/mol. The van der Waals surface area contributed by atoms with Gasteiger partial charge < -0.3 is 14.2 Å². The molecule has 3 heterocycles. The maximum Gasteiger partial charge on any atom is 0.228 e. The van der Waals surface area contributed by atoms with Gasteiger partial charge in [0.1, 0.15) is 23.6 Å². The molecule has 8 nitrogen and oxygen atoms in total. The molecule has 0 saturated heterocycles. The van der Waals surface area contributed by atoms with Crippen LogP contribution in [0.1, 0.15) is 30.9 Å². The smallest absolute Gasteiger partial charge is 0.228 e. The van der Waals surface area contributed by atoms with Crippen molar-refractivity contribution in [1.29, 1.82) is 0 Å². The number of fused-ring (bicyclic) bond motifs is 3. The Labute approximate surface area is 190 Å². The van der Waals surface area contributed by atoms with Crippen LogP contribution in [0.2, 0.25) is 0 Å². The summed E-state index contributed by atoms with van der Waals surface area (Å²) in [7, 11) is 3.24. The highest BCUT2D eigenvalue weighted by Crippen LogP contribution is 2.44. The molecule has 5 rings (SSSR count). The van der Waals surface area contributed by atoms with Crippen LogP contribution in [-0.4, -0.2) is 39.6 Å². The van der Waals surface area contributed by atoms with Crippen LogP contribution in [-0.2, 0) is 4.79 Å². The van der Waals surface area contributed by atoms with Gasteiger partial charge in [0.2, 0.25) is 5.88 Å². The number of carbonyl (C=O) groups is 1. The lowest BCUT2D eigenvalue weighted by atomic mass is 9.82. The van der Waals surface area contributed by atoms with Crippen LogP contribution >= 0.6 is 0 Å². The summed E-state index contributed by atoms with van der Waals surface area (Å²) in [5, 5.41) is 4.62. The second kappa shape index (κ2) is 8.05. The number of hydrogen-bond acceptors (Lipinski definition) is 7. The van der Waals surface area contributed by atoms with Gasteiger partial charge in [0, 0.05) is 17.1 Å². The third kappa shape index (κ3) is 3.49. The molecule has 0 bridgehead atoms. The Hall–Kier alpha value is -4.20. The number of benzene rings is 2. The number of ketones is 1. The fraction of sp³-hybridized carbons (Fsp3) is 0.200. The van der Waals surface area contributed by atoms with Gasteiger partial charge in [-0.1, -0.05) is 12.1 Å². The van der Waals surface area contributed by atoms with E-state index < -0.39 is 5.92 Å². The third-order valence-electron chi connectivity index (χ3n) is 5.77. The minimum Gasteiger partial charge on any atom is -0.497 e. The van der Waals surface area contributed by atoms with Gasteiger partial charge in [0.15, 0.2) is 17.3 Å². The highest BCUT2D eigenvalue weighted by molar-refractivity contribution is 5.97. The molecule has 0 saturated carbocycles. The summed E-state index contributed by atoms with van der Waals surface area (Å²) in [5.41, 5.74) is 3.60. The van der Waals surface area contributed by atoms with Crippen LogP contribution in [0.15, 0.2) is 66.2 Å². The number of methoxy groups -OCH3 is 2. The van der Waals surface area contributed by atoms with Crippen molar-refractivity contribution in [2.24, 2.45) is 0 Å². The summed E-state index contributed by atoms with van der Waals surface area (Å²) in [6.45, 7) is 3.33. The summed E-state index contributed by atoms with van der Waals surface area (Å²) in [6.07, 6.45) is 1.57. The van der Waals surface area contributed by atoms with Crippen molar-refractivity contribution in [2.75, 3.05) is 14.2 Å². The third-order valence-corrected chi connectivity index (χ3v) is 5.77. The van der Waals surface area contributed by atoms with Crippen molar-refractivity contribution in [1.82, 2.24) is 19.6 Å². The first-order chi connectivity index (χ1) is 16.0. The first-order valence-corrected chi connectivity index (χ1v) is 10.4. The van der Waals surface area contributed by atoms with Gasteiger partial charge in [-0.15, -0.1) is 5.10 Å². The van der Waals surface area contributed by atoms with E-state index in [4.69, 9.17) is 19.2 Å². The zero-order valence-corrected chi connectivity index (χ0v) is 18.7. The van der Waals surface area contributed by atoms with Crippen molar-refractivity contribution in [3.05, 3.63) is 77.3 Å². The molecule has 2 aromatic carbocycles. The molecule has 33 heavy (non-hydrogen) atoms. The van der Waals surface area contributed by atoms with Gasteiger partial charge in [-0.05, 0) is 55.8 Å². The number of aromatic nitrogens is 4. The predicted octanol–water partition coefficient (Wildman–Crippen LogP) is 4.20. The highest BCUT2D eigenvalue weighted by Gasteiger charge is 2.36. The number of ether oxygens (including phenoxy) is 3. The lowest BCUT2D eigenvalue weighted by Gasteiger charge is -2.28. The molecule has 0 spiro atoms. The standard InChI is InChI=1S/C25H22N4O4/c1-14(30)20-15(2)33-25-22(21(20)16-5-9-18(31-3)10-6-16)24-27-23(28-29(24)13-26-25)17-7-11-19(32-4)12-8-17/h5-13,21H,1-4H3/t21-/m1/s1. The van der Waals surface area contributed by atoms with Crippen LogP contribution in [0.25, 0.3) is 17.0 Å². The van der Waals surface area contributed by atoms with Crippen LogP contribution in [0, 0.1) is 0 Å². The summed E-state index contributed by atoms with van der Waals surface area (Å²) in [6, 6.07) is 15.1. The number of hydrogen-bond donors (Lipinski definition) is 0. The molecule has 0 unspecified atom stereocenters. The second-order valence-corrected chi connectivity index (χ2v) is 7.73. The fourth-order valence-corrected chi connectivity index (χ4v) is 4.18. The number of allylic oxidation sites excluding steroid dienone is 2. The van der Waals surface area contributed by atoms with Crippen LogP contribution in [0.4, 0.5) is 0 Å². The van der Waals surface area contributed by atoms with Gasteiger partial charge in [-0.3, -0.25) is 4.79 Å². The molecule has 8 heteroatoms. The Morgan fingerprint density at radius 2 is 1.64 bits per heavy atom. The zero-order chi connectivity index (χ0) is 23.1. The maximum absolute atomic E-state index is 12.7. The Bertz CT molecular complexity index is 1390. The van der Waals surface area contributed by atoms with Crippen LogP contribution in [0.3, 0.4) is 0 Å². The van der Waals surface area contributed by atoms with Crippen molar-refractivity contribution in [3.63, 3.8) is 0 Å². The molecule has 0 N–H and O–H groups in total. The fourth-order valence-electron chi connectivity index (χ4n) is 4.18. The summed E-state index contributed by atoms with van der Waals surface area (Å²) in [4.78, 5) is 22.0. The highest BCUT2D eigenvalue weighted by atomic mass is 16.5. The molecule has 2 aromatic heterocycles. The SMILES string of the molecule is COc1ccc(-c2nc3c4c(ncn3n2)OC(C)=C(C(C)=O)[C@H]4c2ccc(OC)cc2)cc1. The Morgan fingerprint density at radius 1 is 1.00 bits per heavy atom. The molecule has 1 atom stereocenters. The molecule has 166 valence electrons. The van der Waals surface area contributed by atoms with E-state index in [0.717, 1.165) is 22.6 Å². The average molecular weight is 442 g/mol. The topological polar surface area (TPSA) is 87.8 Å². The summed E-state index contributed by atoms with van der Waals surface area (Å²) < 4.78 is 18.2. The first kappa shape index (κ1) is 20.7. The molecule has 4 aromatic rings. The zero-order valence-electron chi connectivity index (χ0n) is 18.7. The Balaban J connectivity index is 1.71. The van der Waals surface area contributed by atoms with Gasteiger partial charge in [0.05, 0.1) is 19.8 Å². The molecule has 1 aliphatic rings. The molecule has 1 aliphatic heterocycles. The molecule has 0 aliphatic carbocycles. The van der Waals surface area contributed by atoms with E-state index in [1.807, 2.05) is 48.5 Å². The van der Waals surface area contributed by atoms with Crippen LogP contribution in [0.5, 0.6) is 17.4 Å². The largest absolute Gasteiger partial charge is 0.497 e. The molecule has 0 amide bonds. The molecule has 0 radical (unpaired) electrons. The van der Waals surface area contributed by atoms with E-state index in [0.29, 0.717) is 34.2 Å². The normalized spacial score (nSPS) is 15.2. The maximum atomic E-state index is 12.7. The van der Waals surface area contributed by atoms with Crippen molar-refractivity contribution in [2.45, 2.75) is 19.8 Å². The van der Waals surface area contributed by atoms with Crippen LogP contribution < -0.4 is 14.2 Å². The van der Waals surface area contributed by atoms with Gasteiger partial charge in [-0.25, -0.2) is 14.5 Å². The number of Topliss-reactive ketones (excluding diaryl/α,β-unsaturated/α-hetero) is 1. The van der Waals surface area contributed by atoms with E-state index in [-0.39, 0.29) is 5.78 Å². The molecule has 0 fully saturated rings. The lowest BCUT2D eigenvalue weighted by Crippen LogP contribution is -2.22. The Morgan fingerprint density at radius 3 is 2.24 bits per heavy atom. The Kier molecular flexibility index (Phi) is 5.05. The van der Waals surface area contributed by atoms with E-state index in [1.54, 1.807) is 38.9 Å². The molecular weight excluding hydrogens is 420 g/mol. The van der Waals surface area contributed by atoms with Gasteiger partial charge in [0.25, 0.3) is 0 Å². The van der Waals surface area contributed by atoms with E-state index in [1.165, 1.54) is 0 Å². The summed E-state index contributed by atoms with van der Waals surface area (Å²) >= 11 is 0. The average Bonchev–Trinajstić information content (AvgIpc) is 3.27. The minimum atomic E-state index is -0.402. The first-order valence-electron chi connectivity index (χ1n) is 10.4. The van der Waals surface area contributed by atoms with E-state index in [9.17, 15) is 4.79 Å². The van der Waals surface area contributed by atoms with Gasteiger partial charge >= 0.3 is 0 Å². The van der Waals surface area contributed by atoms with E-state index >= 15 is 0 Å².